The van der Waals surface area contributed by atoms with Crippen LogP contribution in [0.25, 0.3) is 0 Å². The molecule has 0 radical (unpaired) electrons. The molecule has 2 nitrogen and oxygen atoms in total. The van der Waals surface area contributed by atoms with Crippen molar-refractivity contribution in [3.05, 3.63) is 34.9 Å². The lowest BCUT2D eigenvalue weighted by atomic mass is 9.77. The maximum Gasteiger partial charge on any atom is 0.338 e. The lowest BCUT2D eigenvalue weighted by Crippen LogP contribution is -2.15. The second kappa shape index (κ2) is 4.05. The third-order valence-electron chi connectivity index (χ3n) is 3.24. The van der Waals surface area contributed by atoms with Gasteiger partial charge >= 0.3 is 5.97 Å². The van der Waals surface area contributed by atoms with Crippen LogP contribution in [0.2, 0.25) is 0 Å². The fraction of sp³-hybridized carbons (Fsp3) is 0.462. The number of rotatable bonds is 2. The van der Waals surface area contributed by atoms with Crippen molar-refractivity contribution in [2.45, 2.75) is 32.1 Å². The maximum absolute atomic E-state index is 11.7. The lowest BCUT2D eigenvalue weighted by molar-refractivity contribution is 0.0597. The molecular formula is C13H16O2. The molecule has 1 aromatic carbocycles. The Bertz CT molecular complexity index is 378. The smallest absolute Gasteiger partial charge is 0.338 e. The fourth-order valence-corrected chi connectivity index (χ4v) is 2.13. The van der Waals surface area contributed by atoms with Gasteiger partial charge in [0, 0.05) is 0 Å². The second-order valence-corrected chi connectivity index (χ2v) is 4.16. The summed E-state index contributed by atoms with van der Waals surface area (Å²) in [6.07, 6.45) is 3.68. The van der Waals surface area contributed by atoms with E-state index in [1.165, 1.54) is 31.9 Å². The molecule has 2 rings (SSSR count). The van der Waals surface area contributed by atoms with Gasteiger partial charge in [-0.2, -0.15) is 0 Å². The average Bonchev–Trinajstić information content (AvgIpc) is 2.14. The molecule has 0 saturated heterocycles. The summed E-state index contributed by atoms with van der Waals surface area (Å²) in [6.45, 7) is 1.97. The molecule has 0 aliphatic heterocycles. The Morgan fingerprint density at radius 3 is 2.67 bits per heavy atom. The van der Waals surface area contributed by atoms with Gasteiger partial charge < -0.3 is 4.74 Å². The van der Waals surface area contributed by atoms with Crippen molar-refractivity contribution in [3.63, 3.8) is 0 Å². The number of aryl methyl sites for hydroxylation is 1. The summed E-state index contributed by atoms with van der Waals surface area (Å²) >= 11 is 0. The summed E-state index contributed by atoms with van der Waals surface area (Å²) in [7, 11) is 1.44. The monoisotopic (exact) mass is 204 g/mol. The zero-order chi connectivity index (χ0) is 10.8. The Kier molecular flexibility index (Phi) is 2.76. The number of benzene rings is 1. The van der Waals surface area contributed by atoms with Crippen molar-refractivity contribution in [1.29, 1.82) is 0 Å². The Morgan fingerprint density at radius 1 is 1.40 bits per heavy atom. The molecule has 0 N–H and O–H groups in total. The normalized spacial score (nSPS) is 15.9. The molecule has 0 heterocycles. The molecule has 1 aromatic rings. The Labute approximate surface area is 90.3 Å². The van der Waals surface area contributed by atoms with Crippen LogP contribution in [0, 0.1) is 6.92 Å². The maximum atomic E-state index is 11.7. The molecule has 0 atom stereocenters. The third kappa shape index (κ3) is 1.76. The van der Waals surface area contributed by atoms with Crippen LogP contribution in [0.3, 0.4) is 0 Å². The van der Waals surface area contributed by atoms with Gasteiger partial charge in [0.05, 0.1) is 12.7 Å². The van der Waals surface area contributed by atoms with E-state index in [-0.39, 0.29) is 5.97 Å². The molecule has 1 saturated carbocycles. The summed E-state index contributed by atoms with van der Waals surface area (Å²) in [6, 6.07) is 6.05. The first-order valence-corrected chi connectivity index (χ1v) is 5.42. The van der Waals surface area contributed by atoms with Crippen molar-refractivity contribution in [2.24, 2.45) is 0 Å². The summed E-state index contributed by atoms with van der Waals surface area (Å²) < 4.78 is 4.84. The van der Waals surface area contributed by atoms with E-state index in [0.29, 0.717) is 5.92 Å². The number of carbonyl (C=O) groups excluding carboxylic acids is 1. The van der Waals surface area contributed by atoms with Gasteiger partial charge in [0.1, 0.15) is 0 Å². The fourth-order valence-electron chi connectivity index (χ4n) is 2.13. The lowest BCUT2D eigenvalue weighted by Gasteiger charge is -2.27. The molecule has 1 aliphatic carbocycles. The molecule has 1 fully saturated rings. The van der Waals surface area contributed by atoms with Crippen LogP contribution in [-0.2, 0) is 4.74 Å². The van der Waals surface area contributed by atoms with Crippen molar-refractivity contribution >= 4 is 5.97 Å². The van der Waals surface area contributed by atoms with E-state index in [0.717, 1.165) is 11.1 Å². The SMILES string of the molecule is COC(=O)c1c(C)cccc1C1CCC1. The van der Waals surface area contributed by atoms with Crippen LogP contribution in [-0.4, -0.2) is 13.1 Å². The van der Waals surface area contributed by atoms with Crippen LogP contribution in [0.15, 0.2) is 18.2 Å². The van der Waals surface area contributed by atoms with Crippen molar-refractivity contribution in [2.75, 3.05) is 7.11 Å². The summed E-state index contributed by atoms with van der Waals surface area (Å²) in [5.74, 6) is 0.369. The first kappa shape index (κ1) is 10.2. The standard InChI is InChI=1S/C13H16O2/c1-9-5-3-8-11(10-6-4-7-10)12(9)13(14)15-2/h3,5,8,10H,4,6-7H2,1-2H3. The van der Waals surface area contributed by atoms with Gasteiger partial charge in [-0.15, -0.1) is 0 Å². The molecule has 0 bridgehead atoms. The number of ether oxygens (including phenoxy) is 1. The van der Waals surface area contributed by atoms with Gasteiger partial charge in [0.15, 0.2) is 0 Å². The number of hydrogen-bond donors (Lipinski definition) is 0. The predicted octanol–water partition coefficient (Wildman–Crippen LogP) is 3.05. The minimum atomic E-state index is -0.199. The van der Waals surface area contributed by atoms with Gasteiger partial charge in [-0.1, -0.05) is 24.6 Å². The molecule has 15 heavy (non-hydrogen) atoms. The topological polar surface area (TPSA) is 26.3 Å². The van der Waals surface area contributed by atoms with Crippen LogP contribution in [0.4, 0.5) is 0 Å². The Balaban J connectivity index is 2.43. The number of carbonyl (C=O) groups is 1. The van der Waals surface area contributed by atoms with E-state index in [9.17, 15) is 4.79 Å². The highest BCUT2D eigenvalue weighted by Gasteiger charge is 2.25. The highest BCUT2D eigenvalue weighted by atomic mass is 16.5. The van der Waals surface area contributed by atoms with E-state index in [1.807, 2.05) is 19.1 Å². The minimum Gasteiger partial charge on any atom is -0.465 e. The average molecular weight is 204 g/mol. The van der Waals surface area contributed by atoms with Crippen molar-refractivity contribution < 1.29 is 9.53 Å². The second-order valence-electron chi connectivity index (χ2n) is 4.16. The highest BCUT2D eigenvalue weighted by molar-refractivity contribution is 5.92. The molecule has 0 spiro atoms. The molecular weight excluding hydrogens is 188 g/mol. The highest BCUT2D eigenvalue weighted by Crippen LogP contribution is 2.38. The number of esters is 1. The Hall–Kier alpha value is -1.31. The van der Waals surface area contributed by atoms with Gasteiger partial charge in [0.25, 0.3) is 0 Å². The third-order valence-corrected chi connectivity index (χ3v) is 3.24. The van der Waals surface area contributed by atoms with Gasteiger partial charge in [-0.05, 0) is 36.8 Å². The van der Waals surface area contributed by atoms with Crippen LogP contribution >= 0.6 is 0 Å². The van der Waals surface area contributed by atoms with E-state index in [2.05, 4.69) is 6.07 Å². The quantitative estimate of drug-likeness (QED) is 0.692. The van der Waals surface area contributed by atoms with Crippen molar-refractivity contribution in [3.8, 4) is 0 Å². The zero-order valence-corrected chi connectivity index (χ0v) is 9.25. The van der Waals surface area contributed by atoms with E-state index in [4.69, 9.17) is 4.74 Å². The van der Waals surface area contributed by atoms with Crippen LogP contribution < -0.4 is 0 Å². The van der Waals surface area contributed by atoms with E-state index in [1.54, 1.807) is 0 Å². The van der Waals surface area contributed by atoms with Crippen LogP contribution in [0.1, 0.15) is 46.7 Å². The molecule has 80 valence electrons. The van der Waals surface area contributed by atoms with E-state index >= 15 is 0 Å². The number of hydrogen-bond acceptors (Lipinski definition) is 2. The van der Waals surface area contributed by atoms with Gasteiger partial charge in [-0.3, -0.25) is 0 Å². The summed E-state index contributed by atoms with van der Waals surface area (Å²) in [4.78, 5) is 11.7. The zero-order valence-electron chi connectivity index (χ0n) is 9.25. The van der Waals surface area contributed by atoms with Gasteiger partial charge in [0.2, 0.25) is 0 Å². The van der Waals surface area contributed by atoms with Gasteiger partial charge in [-0.25, -0.2) is 4.79 Å². The minimum absolute atomic E-state index is 0.199. The largest absolute Gasteiger partial charge is 0.465 e. The predicted molar refractivity (Wildman–Crippen MR) is 59.1 cm³/mol. The van der Waals surface area contributed by atoms with Crippen molar-refractivity contribution in [1.82, 2.24) is 0 Å². The first-order chi connectivity index (χ1) is 7.24. The summed E-state index contributed by atoms with van der Waals surface area (Å²) in [5, 5.41) is 0. The first-order valence-electron chi connectivity index (χ1n) is 5.42. The molecule has 1 aliphatic rings. The number of methoxy groups -OCH3 is 1. The van der Waals surface area contributed by atoms with E-state index < -0.39 is 0 Å². The molecule has 0 unspecified atom stereocenters. The molecule has 0 aromatic heterocycles. The van der Waals surface area contributed by atoms with Crippen LogP contribution in [0.5, 0.6) is 0 Å². The molecule has 2 heteroatoms. The summed E-state index contributed by atoms with van der Waals surface area (Å²) in [5.41, 5.74) is 2.98. The molecule has 0 amide bonds. The Morgan fingerprint density at radius 2 is 2.13 bits per heavy atom.